The third kappa shape index (κ3) is 4.50. The van der Waals surface area contributed by atoms with Crippen LogP contribution in [0.3, 0.4) is 0 Å². The van der Waals surface area contributed by atoms with Gasteiger partial charge in [-0.1, -0.05) is 17.7 Å². The molecule has 1 aromatic carbocycles. The Balaban J connectivity index is 1.56. The fourth-order valence-electron chi connectivity index (χ4n) is 2.42. The maximum Gasteiger partial charge on any atom is 0.226 e. The van der Waals surface area contributed by atoms with E-state index >= 15 is 0 Å². The molecular formula is C17H16BrClFN5O. The zero-order chi connectivity index (χ0) is 18.7. The number of rotatable bonds is 6. The van der Waals surface area contributed by atoms with Crippen molar-refractivity contribution in [2.45, 2.75) is 26.4 Å². The lowest BCUT2D eigenvalue weighted by atomic mass is 10.2. The Morgan fingerprint density at radius 3 is 2.85 bits per heavy atom. The molecule has 0 radical (unpaired) electrons. The lowest BCUT2D eigenvalue weighted by Gasteiger charge is -2.06. The molecule has 9 heteroatoms. The first-order valence-corrected chi connectivity index (χ1v) is 9.03. The fraction of sp³-hybridized carbons (Fsp3) is 0.235. The zero-order valence-corrected chi connectivity index (χ0v) is 16.3. The average Bonchev–Trinajstić information content (AvgIpc) is 3.16. The average molecular weight is 441 g/mol. The highest BCUT2D eigenvalue weighted by molar-refractivity contribution is 9.10. The minimum atomic E-state index is -0.383. The second-order valence-corrected chi connectivity index (χ2v) is 7.02. The summed E-state index contributed by atoms with van der Waals surface area (Å²) in [7, 11) is 0. The quantitative estimate of drug-likeness (QED) is 0.630. The first kappa shape index (κ1) is 18.6. The number of aromatic nitrogens is 4. The van der Waals surface area contributed by atoms with Crippen LogP contribution in [0.25, 0.3) is 0 Å². The van der Waals surface area contributed by atoms with Crippen molar-refractivity contribution in [3.8, 4) is 0 Å². The maximum atomic E-state index is 13.1. The van der Waals surface area contributed by atoms with Crippen molar-refractivity contribution in [3.63, 3.8) is 0 Å². The molecule has 1 amide bonds. The summed E-state index contributed by atoms with van der Waals surface area (Å²) in [5, 5.41) is 11.5. The molecule has 0 saturated heterocycles. The molecule has 136 valence electrons. The highest BCUT2D eigenvalue weighted by atomic mass is 79.9. The number of amides is 1. The van der Waals surface area contributed by atoms with Gasteiger partial charge in [0.25, 0.3) is 0 Å². The van der Waals surface area contributed by atoms with E-state index in [2.05, 4.69) is 31.4 Å². The van der Waals surface area contributed by atoms with Gasteiger partial charge in [-0.2, -0.15) is 10.2 Å². The molecule has 0 bridgehead atoms. The molecule has 3 aromatic rings. The summed E-state index contributed by atoms with van der Waals surface area (Å²) in [6.45, 7) is 2.80. The van der Waals surface area contributed by atoms with E-state index < -0.39 is 0 Å². The van der Waals surface area contributed by atoms with Gasteiger partial charge in [0.1, 0.15) is 5.82 Å². The second kappa shape index (κ2) is 8.01. The summed E-state index contributed by atoms with van der Waals surface area (Å²) in [4.78, 5) is 12.1. The van der Waals surface area contributed by atoms with Crippen LogP contribution in [0.1, 0.15) is 17.7 Å². The molecule has 2 aromatic heterocycles. The number of halogens is 3. The zero-order valence-electron chi connectivity index (χ0n) is 13.9. The highest BCUT2D eigenvalue weighted by Crippen LogP contribution is 2.19. The van der Waals surface area contributed by atoms with Crippen LogP contribution in [0.4, 0.5) is 10.1 Å². The first-order chi connectivity index (χ1) is 12.4. The number of anilines is 1. The van der Waals surface area contributed by atoms with Gasteiger partial charge < -0.3 is 5.32 Å². The normalized spacial score (nSPS) is 10.9. The second-order valence-electron chi connectivity index (χ2n) is 5.76. The van der Waals surface area contributed by atoms with Gasteiger partial charge in [0.05, 0.1) is 35.6 Å². The Morgan fingerprint density at radius 1 is 1.35 bits per heavy atom. The molecule has 3 rings (SSSR count). The molecule has 26 heavy (non-hydrogen) atoms. The maximum absolute atomic E-state index is 13.1. The Kier molecular flexibility index (Phi) is 5.73. The van der Waals surface area contributed by atoms with Crippen molar-refractivity contribution in [1.82, 2.24) is 19.6 Å². The summed E-state index contributed by atoms with van der Waals surface area (Å²) >= 11 is 9.41. The number of hydrogen-bond donors (Lipinski definition) is 1. The number of hydrogen-bond acceptors (Lipinski definition) is 3. The van der Waals surface area contributed by atoms with E-state index in [1.54, 1.807) is 34.0 Å². The molecule has 1 N–H and O–H groups in total. The van der Waals surface area contributed by atoms with E-state index in [1.165, 1.54) is 12.1 Å². The van der Waals surface area contributed by atoms with Gasteiger partial charge >= 0.3 is 0 Å². The van der Waals surface area contributed by atoms with Gasteiger partial charge in [0.15, 0.2) is 0 Å². The molecule has 0 aliphatic heterocycles. The van der Waals surface area contributed by atoms with Crippen LogP contribution in [-0.2, 0) is 17.9 Å². The van der Waals surface area contributed by atoms with Gasteiger partial charge in [-0.3, -0.25) is 14.2 Å². The Bertz CT molecular complexity index is 939. The topological polar surface area (TPSA) is 64.7 Å². The Labute approximate surface area is 163 Å². The predicted octanol–water partition coefficient (Wildman–Crippen LogP) is 4.02. The molecule has 0 unspecified atom stereocenters. The predicted molar refractivity (Wildman–Crippen MR) is 101 cm³/mol. The van der Waals surface area contributed by atoms with E-state index in [0.29, 0.717) is 30.2 Å². The summed E-state index contributed by atoms with van der Waals surface area (Å²) in [5.74, 6) is -0.512. The van der Waals surface area contributed by atoms with Crippen LogP contribution in [0.2, 0.25) is 5.02 Å². The molecule has 0 atom stereocenters. The fourth-order valence-corrected chi connectivity index (χ4v) is 2.94. The third-order valence-corrected chi connectivity index (χ3v) is 4.99. The van der Waals surface area contributed by atoms with E-state index in [0.717, 1.165) is 15.7 Å². The van der Waals surface area contributed by atoms with Gasteiger partial charge in [-0.05, 0) is 40.5 Å². The molecular weight excluding hydrogens is 425 g/mol. The molecule has 0 aliphatic carbocycles. The SMILES string of the molecule is Cc1c(Br)cnn1CCC(=O)Nc1cnn(Cc2ccc(F)cc2Cl)c1. The van der Waals surface area contributed by atoms with Crippen LogP contribution < -0.4 is 5.32 Å². The number of benzene rings is 1. The standard InChI is InChI=1S/C17H16BrClFN5O/c1-11-15(18)8-22-25(11)5-4-17(26)23-14-7-21-24(10-14)9-12-2-3-13(20)6-16(12)19/h2-3,6-8,10H,4-5,9H2,1H3,(H,23,26). The summed E-state index contributed by atoms with van der Waals surface area (Å²) in [6, 6.07) is 4.23. The molecule has 0 saturated carbocycles. The number of aryl methyl sites for hydroxylation is 1. The number of nitrogens with zero attached hydrogens (tertiary/aromatic N) is 4. The van der Waals surface area contributed by atoms with Crippen molar-refractivity contribution < 1.29 is 9.18 Å². The highest BCUT2D eigenvalue weighted by Gasteiger charge is 2.09. The molecule has 2 heterocycles. The number of carbonyl (C=O) groups excluding carboxylic acids is 1. The van der Waals surface area contributed by atoms with Gasteiger partial charge in [0, 0.05) is 23.3 Å². The summed E-state index contributed by atoms with van der Waals surface area (Å²) < 4.78 is 17.4. The minimum absolute atomic E-state index is 0.129. The van der Waals surface area contributed by atoms with Gasteiger partial charge in [-0.25, -0.2) is 4.39 Å². The van der Waals surface area contributed by atoms with Gasteiger partial charge in [-0.15, -0.1) is 0 Å². The minimum Gasteiger partial charge on any atom is -0.323 e. The largest absolute Gasteiger partial charge is 0.323 e. The third-order valence-electron chi connectivity index (χ3n) is 3.86. The molecule has 0 fully saturated rings. The summed E-state index contributed by atoms with van der Waals surface area (Å²) in [6.07, 6.45) is 5.26. The lowest BCUT2D eigenvalue weighted by Crippen LogP contribution is -2.15. The molecule has 6 nitrogen and oxygen atoms in total. The van der Waals surface area contributed by atoms with E-state index in [4.69, 9.17) is 11.6 Å². The van der Waals surface area contributed by atoms with Gasteiger partial charge in [0.2, 0.25) is 5.91 Å². The van der Waals surface area contributed by atoms with Crippen molar-refractivity contribution in [2.24, 2.45) is 0 Å². The van der Waals surface area contributed by atoms with Crippen molar-refractivity contribution in [1.29, 1.82) is 0 Å². The molecule has 0 spiro atoms. The lowest BCUT2D eigenvalue weighted by molar-refractivity contribution is -0.116. The molecule has 0 aliphatic rings. The van der Waals surface area contributed by atoms with Crippen molar-refractivity contribution in [2.75, 3.05) is 5.32 Å². The monoisotopic (exact) mass is 439 g/mol. The van der Waals surface area contributed by atoms with E-state index in [9.17, 15) is 9.18 Å². The summed E-state index contributed by atoms with van der Waals surface area (Å²) in [5.41, 5.74) is 2.31. The van der Waals surface area contributed by atoms with Crippen LogP contribution in [0.15, 0.2) is 41.3 Å². The van der Waals surface area contributed by atoms with E-state index in [1.807, 2.05) is 6.92 Å². The first-order valence-electron chi connectivity index (χ1n) is 7.86. The van der Waals surface area contributed by atoms with Crippen LogP contribution in [0, 0.1) is 12.7 Å². The van der Waals surface area contributed by atoms with Crippen LogP contribution in [-0.4, -0.2) is 25.5 Å². The van der Waals surface area contributed by atoms with E-state index in [-0.39, 0.29) is 11.7 Å². The smallest absolute Gasteiger partial charge is 0.226 e. The Morgan fingerprint density at radius 2 is 2.15 bits per heavy atom. The Hall–Kier alpha value is -2.19. The van der Waals surface area contributed by atoms with Crippen molar-refractivity contribution in [3.05, 3.63) is 63.4 Å². The van der Waals surface area contributed by atoms with Crippen molar-refractivity contribution >= 4 is 39.1 Å². The number of carbonyl (C=O) groups is 1. The van der Waals surface area contributed by atoms with Crippen LogP contribution >= 0.6 is 27.5 Å². The van der Waals surface area contributed by atoms with Crippen LogP contribution in [0.5, 0.6) is 0 Å². The number of nitrogens with one attached hydrogen (secondary N) is 1.